The minimum atomic E-state index is -3.53. The summed E-state index contributed by atoms with van der Waals surface area (Å²) in [5, 5.41) is -0.866. The van der Waals surface area contributed by atoms with Crippen molar-refractivity contribution in [2.24, 2.45) is 5.73 Å². The first kappa shape index (κ1) is 15.6. The number of nitrogens with two attached hydrogens (primary N) is 1. The van der Waals surface area contributed by atoms with Crippen molar-refractivity contribution in [1.29, 1.82) is 0 Å². The van der Waals surface area contributed by atoms with Gasteiger partial charge in [0.1, 0.15) is 5.25 Å². The summed E-state index contributed by atoms with van der Waals surface area (Å²) in [6.45, 7) is 7.29. The first-order chi connectivity index (χ1) is 8.15. The lowest BCUT2D eigenvalue weighted by atomic mass is 10.1. The predicted molar refractivity (Wildman–Crippen MR) is 80.5 cm³/mol. The molecule has 0 saturated carbocycles. The van der Waals surface area contributed by atoms with Gasteiger partial charge in [-0.25, -0.2) is 13.1 Å². The van der Waals surface area contributed by atoms with Crippen LogP contribution in [0.3, 0.4) is 0 Å². The predicted octanol–water partition coefficient (Wildman–Crippen LogP) is 2.02. The molecule has 0 fully saturated rings. The standard InChI is InChI=1S/C11H18N2O2S3/c1-6-5-10(8(3)17-6)7(2)13-18(14,15)9(4)11(12)16/h5,7,9,13H,1-4H3,(H2,12,16). The Hall–Kier alpha value is -0.500. The topological polar surface area (TPSA) is 72.2 Å². The SMILES string of the molecule is Cc1cc(C(C)NS(=O)(=O)C(C)C(N)=S)c(C)s1. The van der Waals surface area contributed by atoms with Crippen molar-refractivity contribution in [1.82, 2.24) is 4.72 Å². The van der Waals surface area contributed by atoms with E-state index in [9.17, 15) is 8.42 Å². The van der Waals surface area contributed by atoms with Crippen molar-refractivity contribution in [3.63, 3.8) is 0 Å². The largest absolute Gasteiger partial charge is 0.392 e. The summed E-state index contributed by atoms with van der Waals surface area (Å²) >= 11 is 6.38. The Kier molecular flexibility index (Phi) is 4.88. The molecule has 0 aliphatic heterocycles. The minimum absolute atomic E-state index is 0.0204. The molecule has 4 nitrogen and oxygen atoms in total. The number of nitrogens with one attached hydrogen (secondary N) is 1. The zero-order chi connectivity index (χ0) is 14.1. The van der Waals surface area contributed by atoms with Gasteiger partial charge in [-0.15, -0.1) is 11.3 Å². The van der Waals surface area contributed by atoms with Crippen molar-refractivity contribution < 1.29 is 8.42 Å². The molecule has 7 heteroatoms. The molecule has 0 aliphatic rings. The second-order valence-corrected chi connectivity index (χ2v) is 8.26. The van der Waals surface area contributed by atoms with Crippen LogP contribution in [0.4, 0.5) is 0 Å². The molecule has 0 amide bonds. The highest BCUT2D eigenvalue weighted by atomic mass is 32.2. The summed E-state index contributed by atoms with van der Waals surface area (Å²) in [5.74, 6) is 0. The molecule has 1 aromatic rings. The van der Waals surface area contributed by atoms with E-state index in [0.29, 0.717) is 0 Å². The molecule has 102 valence electrons. The first-order valence-electron chi connectivity index (χ1n) is 5.52. The zero-order valence-electron chi connectivity index (χ0n) is 10.9. The highest BCUT2D eigenvalue weighted by molar-refractivity contribution is 7.93. The molecule has 18 heavy (non-hydrogen) atoms. The van der Waals surface area contributed by atoms with E-state index in [0.717, 1.165) is 15.3 Å². The molecule has 0 aliphatic carbocycles. The molecule has 0 saturated heterocycles. The number of aryl methyl sites for hydroxylation is 2. The molecule has 1 rings (SSSR count). The van der Waals surface area contributed by atoms with Gasteiger partial charge in [-0.2, -0.15) is 0 Å². The molecular weight excluding hydrogens is 288 g/mol. The summed E-state index contributed by atoms with van der Waals surface area (Å²) in [6.07, 6.45) is 0. The van der Waals surface area contributed by atoms with Gasteiger partial charge in [-0.1, -0.05) is 12.2 Å². The van der Waals surface area contributed by atoms with E-state index in [4.69, 9.17) is 18.0 Å². The van der Waals surface area contributed by atoms with E-state index in [1.807, 2.05) is 26.8 Å². The quantitative estimate of drug-likeness (QED) is 0.816. The van der Waals surface area contributed by atoms with E-state index in [1.54, 1.807) is 11.3 Å². The van der Waals surface area contributed by atoms with Crippen LogP contribution < -0.4 is 10.5 Å². The zero-order valence-corrected chi connectivity index (χ0v) is 13.3. The minimum Gasteiger partial charge on any atom is -0.392 e. The van der Waals surface area contributed by atoms with Gasteiger partial charge < -0.3 is 5.73 Å². The number of hydrogen-bond donors (Lipinski definition) is 2. The molecule has 0 radical (unpaired) electrons. The van der Waals surface area contributed by atoms with Crippen molar-refractivity contribution in [2.45, 2.75) is 39.0 Å². The highest BCUT2D eigenvalue weighted by Gasteiger charge is 2.26. The Labute approximate surface area is 118 Å². The number of thiocarbonyl (C=S) groups is 1. The maximum Gasteiger partial charge on any atom is 0.221 e. The Morgan fingerprint density at radius 3 is 2.39 bits per heavy atom. The summed E-state index contributed by atoms with van der Waals surface area (Å²) < 4.78 is 26.6. The molecule has 0 aromatic carbocycles. The maximum absolute atomic E-state index is 12.0. The van der Waals surface area contributed by atoms with Crippen molar-refractivity contribution in [3.05, 3.63) is 21.4 Å². The third-order valence-electron chi connectivity index (χ3n) is 2.75. The Balaban J connectivity index is 2.92. The molecule has 2 unspecified atom stereocenters. The Morgan fingerprint density at radius 2 is 2.00 bits per heavy atom. The third-order valence-corrected chi connectivity index (χ3v) is 6.10. The van der Waals surface area contributed by atoms with Crippen LogP contribution in [-0.4, -0.2) is 18.7 Å². The number of sulfonamides is 1. The van der Waals surface area contributed by atoms with Crippen molar-refractivity contribution >= 4 is 38.6 Å². The van der Waals surface area contributed by atoms with Gasteiger partial charge in [0.25, 0.3) is 0 Å². The maximum atomic E-state index is 12.0. The first-order valence-corrected chi connectivity index (χ1v) is 8.29. The number of thiophene rings is 1. The summed E-state index contributed by atoms with van der Waals surface area (Å²) in [5.41, 5.74) is 6.38. The van der Waals surface area contributed by atoms with Gasteiger partial charge >= 0.3 is 0 Å². The molecular formula is C11H18N2O2S3. The van der Waals surface area contributed by atoms with Crippen LogP contribution in [0.2, 0.25) is 0 Å². The van der Waals surface area contributed by atoms with Gasteiger partial charge in [-0.05, 0) is 39.3 Å². The molecule has 0 bridgehead atoms. The smallest absolute Gasteiger partial charge is 0.221 e. The monoisotopic (exact) mass is 306 g/mol. The second-order valence-electron chi connectivity index (χ2n) is 4.30. The van der Waals surface area contributed by atoms with E-state index < -0.39 is 15.3 Å². The number of hydrogen-bond acceptors (Lipinski definition) is 4. The van der Waals surface area contributed by atoms with Gasteiger partial charge in [0.2, 0.25) is 10.0 Å². The summed E-state index contributed by atoms with van der Waals surface area (Å²) in [4.78, 5) is 2.26. The van der Waals surface area contributed by atoms with Gasteiger partial charge in [-0.3, -0.25) is 0 Å². The van der Waals surface area contributed by atoms with Crippen LogP contribution >= 0.6 is 23.6 Å². The lowest BCUT2D eigenvalue weighted by Crippen LogP contribution is -2.41. The molecule has 3 N–H and O–H groups in total. The molecule has 1 aromatic heterocycles. The Morgan fingerprint density at radius 1 is 1.44 bits per heavy atom. The van der Waals surface area contributed by atoms with Crippen LogP contribution in [-0.2, 0) is 10.0 Å². The fourth-order valence-corrected chi connectivity index (χ4v) is 4.18. The average Bonchev–Trinajstić information content (AvgIpc) is 2.55. The van der Waals surface area contributed by atoms with Gasteiger partial charge in [0.15, 0.2) is 0 Å². The normalized spacial score (nSPS) is 15.3. The Bertz CT molecular complexity index is 549. The van der Waals surface area contributed by atoms with Crippen molar-refractivity contribution in [3.8, 4) is 0 Å². The van der Waals surface area contributed by atoms with E-state index in [-0.39, 0.29) is 11.0 Å². The fraction of sp³-hybridized carbons (Fsp3) is 0.545. The average molecular weight is 306 g/mol. The fourth-order valence-electron chi connectivity index (χ4n) is 1.65. The summed E-state index contributed by atoms with van der Waals surface area (Å²) in [6, 6.07) is 1.72. The second kappa shape index (κ2) is 5.64. The van der Waals surface area contributed by atoms with Crippen LogP contribution in [0, 0.1) is 13.8 Å². The van der Waals surface area contributed by atoms with Crippen LogP contribution in [0.5, 0.6) is 0 Å². The van der Waals surface area contributed by atoms with E-state index in [2.05, 4.69) is 4.72 Å². The third kappa shape index (κ3) is 3.50. The highest BCUT2D eigenvalue weighted by Crippen LogP contribution is 2.26. The molecule has 1 heterocycles. The van der Waals surface area contributed by atoms with Crippen LogP contribution in [0.15, 0.2) is 6.07 Å². The lowest BCUT2D eigenvalue weighted by Gasteiger charge is -2.17. The van der Waals surface area contributed by atoms with Gasteiger partial charge in [0.05, 0.1) is 4.99 Å². The molecule has 0 spiro atoms. The van der Waals surface area contributed by atoms with Crippen LogP contribution in [0.1, 0.15) is 35.2 Å². The van der Waals surface area contributed by atoms with Crippen molar-refractivity contribution in [2.75, 3.05) is 0 Å². The van der Waals surface area contributed by atoms with E-state index >= 15 is 0 Å². The van der Waals surface area contributed by atoms with E-state index in [1.165, 1.54) is 6.92 Å². The van der Waals surface area contributed by atoms with Crippen LogP contribution in [0.25, 0.3) is 0 Å². The lowest BCUT2D eigenvalue weighted by molar-refractivity contribution is 0.564. The summed E-state index contributed by atoms with van der Waals surface area (Å²) in [7, 11) is -3.53. The number of rotatable bonds is 5. The molecule has 2 atom stereocenters. The van der Waals surface area contributed by atoms with Gasteiger partial charge in [0, 0.05) is 15.8 Å².